The second kappa shape index (κ2) is 6.39. The zero-order valence-electron chi connectivity index (χ0n) is 10.4. The fourth-order valence-corrected chi connectivity index (χ4v) is 3.88. The van der Waals surface area contributed by atoms with Crippen LogP contribution in [0, 0.1) is 0 Å². The number of thiocarbonyl (C=S) groups is 1. The first-order chi connectivity index (χ1) is 9.81. The van der Waals surface area contributed by atoms with Crippen LogP contribution < -0.4 is 10.5 Å². The van der Waals surface area contributed by atoms with Crippen LogP contribution >= 0.6 is 44.1 Å². The Morgan fingerprint density at radius 1 is 1.29 bits per heavy atom. The van der Waals surface area contributed by atoms with Crippen molar-refractivity contribution in [1.29, 1.82) is 0 Å². The summed E-state index contributed by atoms with van der Waals surface area (Å²) >= 11 is 11.4. The summed E-state index contributed by atoms with van der Waals surface area (Å²) < 4.78 is 28.8. The largest absolute Gasteiger partial charge is 0.388 e. The Morgan fingerprint density at radius 2 is 2.00 bits per heavy atom. The van der Waals surface area contributed by atoms with E-state index in [0.29, 0.717) is 10.2 Å². The molecule has 5 nitrogen and oxygen atoms in total. The zero-order valence-corrected chi connectivity index (χ0v) is 15.2. The van der Waals surface area contributed by atoms with Gasteiger partial charge in [0.05, 0.1) is 5.69 Å². The Labute approximate surface area is 144 Å². The highest BCUT2D eigenvalue weighted by Crippen LogP contribution is 2.28. The summed E-state index contributed by atoms with van der Waals surface area (Å²) in [5, 5.41) is 0. The number of nitrogens with two attached hydrogens (primary N) is 1. The predicted octanol–water partition coefficient (Wildman–Crippen LogP) is 3.04. The number of nitrogens with zero attached hydrogens (tertiary/aromatic N) is 1. The van der Waals surface area contributed by atoms with Crippen LogP contribution in [-0.4, -0.2) is 18.4 Å². The first-order valence-corrected chi connectivity index (χ1v) is 9.01. The first kappa shape index (κ1) is 16.3. The van der Waals surface area contributed by atoms with Gasteiger partial charge in [-0.2, -0.15) is 0 Å². The molecule has 9 heteroatoms. The molecule has 1 aromatic carbocycles. The molecule has 2 rings (SSSR count). The highest BCUT2D eigenvalue weighted by atomic mass is 79.9. The molecular weight excluding hydrogens is 442 g/mol. The van der Waals surface area contributed by atoms with E-state index >= 15 is 0 Å². The van der Waals surface area contributed by atoms with Gasteiger partial charge in [-0.05, 0) is 46.3 Å². The number of benzene rings is 1. The molecule has 0 bridgehead atoms. The molecule has 110 valence electrons. The molecule has 0 aliphatic carbocycles. The number of aromatic nitrogens is 1. The maximum absolute atomic E-state index is 12.5. The van der Waals surface area contributed by atoms with E-state index in [4.69, 9.17) is 18.0 Å². The fraction of sp³-hybridized carbons (Fsp3) is 0. The topological polar surface area (TPSA) is 85.1 Å². The minimum Gasteiger partial charge on any atom is -0.388 e. The van der Waals surface area contributed by atoms with Gasteiger partial charge in [0.1, 0.15) is 15.6 Å². The van der Waals surface area contributed by atoms with E-state index in [1.54, 1.807) is 18.2 Å². The molecular formula is C12H9Br2N3O2S2. The number of anilines is 1. The van der Waals surface area contributed by atoms with Gasteiger partial charge in [0.15, 0.2) is 0 Å². The first-order valence-electron chi connectivity index (χ1n) is 5.54. The molecule has 0 unspecified atom stereocenters. The lowest BCUT2D eigenvalue weighted by atomic mass is 10.3. The van der Waals surface area contributed by atoms with E-state index in [9.17, 15) is 8.42 Å². The number of rotatable bonds is 4. The van der Waals surface area contributed by atoms with E-state index in [1.807, 2.05) is 0 Å². The average Bonchev–Trinajstić information content (AvgIpc) is 2.42. The molecule has 0 saturated carbocycles. The molecule has 0 saturated heterocycles. The SMILES string of the molecule is NC(=S)c1ncccc1S(=O)(=O)Nc1cc(Br)ccc1Br. The third-order valence-electron chi connectivity index (χ3n) is 2.47. The van der Waals surface area contributed by atoms with Crippen molar-refractivity contribution in [2.45, 2.75) is 4.90 Å². The standard InChI is InChI=1S/C12H9Br2N3O2S2/c13-7-3-4-8(14)9(6-7)17-21(18,19)10-2-1-5-16-11(10)12(15)20/h1-6,17H,(H2,15,20). The van der Waals surface area contributed by atoms with Gasteiger partial charge in [0, 0.05) is 15.1 Å². The van der Waals surface area contributed by atoms with Crippen LogP contribution in [0.1, 0.15) is 5.69 Å². The Balaban J connectivity index is 2.49. The summed E-state index contributed by atoms with van der Waals surface area (Å²) in [5.41, 5.74) is 5.97. The third-order valence-corrected chi connectivity index (χ3v) is 5.24. The van der Waals surface area contributed by atoms with Gasteiger partial charge >= 0.3 is 0 Å². The molecule has 1 aromatic heterocycles. The Hall–Kier alpha value is -1.03. The maximum Gasteiger partial charge on any atom is 0.264 e. The number of nitrogens with one attached hydrogen (secondary N) is 1. The quantitative estimate of drug-likeness (QED) is 0.699. The predicted molar refractivity (Wildman–Crippen MR) is 92.8 cm³/mol. The molecule has 3 N–H and O–H groups in total. The Kier molecular flexibility index (Phi) is 4.97. The summed E-state index contributed by atoms with van der Waals surface area (Å²) in [6.07, 6.45) is 1.43. The summed E-state index contributed by atoms with van der Waals surface area (Å²) in [4.78, 5) is 3.77. The van der Waals surface area contributed by atoms with Crippen molar-refractivity contribution in [1.82, 2.24) is 4.98 Å². The Morgan fingerprint density at radius 3 is 2.67 bits per heavy atom. The van der Waals surface area contributed by atoms with E-state index < -0.39 is 10.0 Å². The minimum atomic E-state index is -3.86. The monoisotopic (exact) mass is 449 g/mol. The fourth-order valence-electron chi connectivity index (χ4n) is 1.57. The van der Waals surface area contributed by atoms with Crippen molar-refractivity contribution in [3.63, 3.8) is 0 Å². The molecule has 0 fully saturated rings. The summed E-state index contributed by atoms with van der Waals surface area (Å²) in [5.74, 6) is 0. The van der Waals surface area contributed by atoms with Crippen LogP contribution in [0.25, 0.3) is 0 Å². The van der Waals surface area contributed by atoms with Crippen LogP contribution in [-0.2, 0) is 10.0 Å². The number of sulfonamides is 1. The second-order valence-corrected chi connectivity index (χ2v) is 7.80. The van der Waals surface area contributed by atoms with Crippen molar-refractivity contribution < 1.29 is 8.42 Å². The molecule has 0 amide bonds. The van der Waals surface area contributed by atoms with Gasteiger partial charge in [-0.3, -0.25) is 9.71 Å². The molecule has 2 aromatic rings. The number of hydrogen-bond donors (Lipinski definition) is 2. The van der Waals surface area contributed by atoms with Crippen molar-refractivity contribution in [2.24, 2.45) is 5.73 Å². The smallest absolute Gasteiger partial charge is 0.264 e. The van der Waals surface area contributed by atoms with Crippen molar-refractivity contribution in [3.8, 4) is 0 Å². The van der Waals surface area contributed by atoms with Gasteiger partial charge in [0.2, 0.25) is 0 Å². The highest BCUT2D eigenvalue weighted by Gasteiger charge is 2.21. The van der Waals surface area contributed by atoms with Gasteiger partial charge in [-0.15, -0.1) is 0 Å². The van der Waals surface area contributed by atoms with Gasteiger partial charge in [-0.25, -0.2) is 8.42 Å². The molecule has 0 atom stereocenters. The number of hydrogen-bond acceptors (Lipinski definition) is 4. The lowest BCUT2D eigenvalue weighted by molar-refractivity contribution is 0.600. The molecule has 21 heavy (non-hydrogen) atoms. The van der Waals surface area contributed by atoms with Crippen molar-refractivity contribution in [3.05, 3.63) is 51.2 Å². The number of halogens is 2. The lowest BCUT2D eigenvalue weighted by Crippen LogP contribution is -2.21. The maximum atomic E-state index is 12.5. The summed E-state index contributed by atoms with van der Waals surface area (Å²) in [6, 6.07) is 8.05. The summed E-state index contributed by atoms with van der Waals surface area (Å²) in [6.45, 7) is 0. The van der Waals surface area contributed by atoms with Crippen LogP contribution in [0.5, 0.6) is 0 Å². The van der Waals surface area contributed by atoms with E-state index in [0.717, 1.165) is 4.47 Å². The molecule has 0 radical (unpaired) electrons. The molecule has 0 aliphatic heterocycles. The van der Waals surface area contributed by atoms with Gasteiger partial charge in [-0.1, -0.05) is 28.1 Å². The van der Waals surface area contributed by atoms with Crippen LogP contribution in [0.2, 0.25) is 0 Å². The molecule has 1 heterocycles. The van der Waals surface area contributed by atoms with Crippen LogP contribution in [0.3, 0.4) is 0 Å². The molecule has 0 aliphatic rings. The number of pyridine rings is 1. The highest BCUT2D eigenvalue weighted by molar-refractivity contribution is 9.11. The van der Waals surface area contributed by atoms with E-state index in [2.05, 4.69) is 41.6 Å². The normalized spacial score (nSPS) is 11.1. The van der Waals surface area contributed by atoms with Crippen molar-refractivity contribution >= 4 is 64.8 Å². The zero-order chi connectivity index (χ0) is 15.6. The van der Waals surface area contributed by atoms with Gasteiger partial charge < -0.3 is 5.73 Å². The minimum absolute atomic E-state index is 0.0612. The van der Waals surface area contributed by atoms with Crippen LogP contribution in [0.4, 0.5) is 5.69 Å². The second-order valence-electron chi connectivity index (χ2n) is 3.94. The van der Waals surface area contributed by atoms with E-state index in [1.165, 1.54) is 18.3 Å². The van der Waals surface area contributed by atoms with Gasteiger partial charge in [0.25, 0.3) is 10.0 Å². The Bertz CT molecular complexity index is 810. The molecule has 0 spiro atoms. The lowest BCUT2D eigenvalue weighted by Gasteiger charge is -2.12. The average molecular weight is 451 g/mol. The summed E-state index contributed by atoms with van der Waals surface area (Å²) in [7, 11) is -3.86. The van der Waals surface area contributed by atoms with Crippen LogP contribution in [0.15, 0.2) is 50.4 Å². The van der Waals surface area contributed by atoms with E-state index in [-0.39, 0.29) is 15.6 Å². The third kappa shape index (κ3) is 3.79. The van der Waals surface area contributed by atoms with Crippen molar-refractivity contribution in [2.75, 3.05) is 4.72 Å².